The highest BCUT2D eigenvalue weighted by atomic mass is 16.5. The second-order valence-corrected chi connectivity index (χ2v) is 4.17. The fraction of sp³-hybridized carbons (Fsp3) is 0.286. The lowest BCUT2D eigenvalue weighted by molar-refractivity contribution is -0.139. The summed E-state index contributed by atoms with van der Waals surface area (Å²) in [5.41, 5.74) is 6.81. The van der Waals surface area contributed by atoms with Crippen molar-refractivity contribution in [2.75, 3.05) is 6.61 Å². The highest BCUT2D eigenvalue weighted by Gasteiger charge is 2.36. The molecular weight excluding hydrogens is 260 g/mol. The zero-order valence-electron chi connectivity index (χ0n) is 11.2. The molecule has 0 spiro atoms. The van der Waals surface area contributed by atoms with Gasteiger partial charge in [0.25, 0.3) is 0 Å². The molecule has 20 heavy (non-hydrogen) atoms. The lowest BCUT2D eigenvalue weighted by Gasteiger charge is -2.25. The Bertz CT molecular complexity index is 620. The maximum atomic E-state index is 12.1. The quantitative estimate of drug-likeness (QED) is 0.845. The number of carbonyl (C=O) groups is 1. The van der Waals surface area contributed by atoms with Crippen molar-refractivity contribution in [1.29, 1.82) is 5.26 Å². The number of nitriles is 1. The Labute approximate surface area is 116 Å². The summed E-state index contributed by atoms with van der Waals surface area (Å²) in [5, 5.41) is 9.27. The predicted molar refractivity (Wildman–Crippen MR) is 68.7 cm³/mol. The SMILES string of the molecule is CCOC(=O)C1=C(C)OC(N)=C(C#N)[C@@H]1c1ccoc1. The van der Waals surface area contributed by atoms with Gasteiger partial charge in [0, 0.05) is 5.56 Å². The average Bonchev–Trinajstić information content (AvgIpc) is 2.91. The van der Waals surface area contributed by atoms with Crippen LogP contribution in [0.2, 0.25) is 0 Å². The van der Waals surface area contributed by atoms with Gasteiger partial charge >= 0.3 is 5.97 Å². The second kappa shape index (κ2) is 5.53. The molecule has 0 radical (unpaired) electrons. The Hall–Kier alpha value is -2.68. The van der Waals surface area contributed by atoms with Gasteiger partial charge < -0.3 is 19.6 Å². The van der Waals surface area contributed by atoms with Crippen LogP contribution in [0.5, 0.6) is 0 Å². The molecule has 0 saturated heterocycles. The third kappa shape index (κ3) is 2.26. The first-order valence-electron chi connectivity index (χ1n) is 6.07. The molecule has 0 amide bonds. The van der Waals surface area contributed by atoms with Crippen molar-refractivity contribution in [3.8, 4) is 6.07 Å². The first-order valence-corrected chi connectivity index (χ1v) is 6.07. The molecule has 104 valence electrons. The van der Waals surface area contributed by atoms with Crippen molar-refractivity contribution in [2.24, 2.45) is 5.73 Å². The van der Waals surface area contributed by atoms with Gasteiger partial charge in [-0.1, -0.05) is 0 Å². The van der Waals surface area contributed by atoms with Gasteiger partial charge in [-0.15, -0.1) is 0 Å². The number of nitrogens with zero attached hydrogens (tertiary/aromatic N) is 1. The molecule has 0 bridgehead atoms. The lowest BCUT2D eigenvalue weighted by atomic mass is 9.84. The summed E-state index contributed by atoms with van der Waals surface area (Å²) in [5.74, 6) is -0.849. The van der Waals surface area contributed by atoms with E-state index in [0.717, 1.165) is 0 Å². The Kier molecular flexibility index (Phi) is 3.80. The van der Waals surface area contributed by atoms with Crippen LogP contribution >= 0.6 is 0 Å². The summed E-state index contributed by atoms with van der Waals surface area (Å²) in [7, 11) is 0. The van der Waals surface area contributed by atoms with Crippen LogP contribution < -0.4 is 5.73 Å². The molecule has 2 N–H and O–H groups in total. The van der Waals surface area contributed by atoms with E-state index in [4.69, 9.17) is 19.6 Å². The molecule has 1 aliphatic heterocycles. The minimum Gasteiger partial charge on any atom is -0.472 e. The fourth-order valence-electron chi connectivity index (χ4n) is 2.13. The number of ether oxygens (including phenoxy) is 2. The van der Waals surface area contributed by atoms with Crippen LogP contribution in [0.1, 0.15) is 25.3 Å². The maximum absolute atomic E-state index is 12.1. The third-order valence-corrected chi connectivity index (χ3v) is 2.98. The summed E-state index contributed by atoms with van der Waals surface area (Å²) in [4.78, 5) is 12.1. The summed E-state index contributed by atoms with van der Waals surface area (Å²) >= 11 is 0. The first kappa shape index (κ1) is 13.7. The van der Waals surface area contributed by atoms with Crippen molar-refractivity contribution < 1.29 is 18.7 Å². The summed E-state index contributed by atoms with van der Waals surface area (Å²) in [6.07, 6.45) is 2.93. The minimum absolute atomic E-state index is 0.00996. The Balaban J connectivity index is 2.55. The van der Waals surface area contributed by atoms with Gasteiger partial charge in [-0.25, -0.2) is 4.79 Å². The van der Waals surface area contributed by atoms with E-state index in [-0.39, 0.29) is 23.6 Å². The molecule has 2 heterocycles. The Morgan fingerprint density at radius 1 is 1.60 bits per heavy atom. The van der Waals surface area contributed by atoms with E-state index in [1.807, 2.05) is 6.07 Å². The maximum Gasteiger partial charge on any atom is 0.338 e. The number of nitrogens with two attached hydrogens (primary N) is 1. The van der Waals surface area contributed by atoms with E-state index in [1.165, 1.54) is 12.5 Å². The molecule has 6 heteroatoms. The van der Waals surface area contributed by atoms with E-state index in [1.54, 1.807) is 19.9 Å². The van der Waals surface area contributed by atoms with E-state index < -0.39 is 11.9 Å². The van der Waals surface area contributed by atoms with Crippen LogP contribution in [0.25, 0.3) is 0 Å². The van der Waals surface area contributed by atoms with Crippen molar-refractivity contribution in [1.82, 2.24) is 0 Å². The number of furan rings is 1. The predicted octanol–water partition coefficient (Wildman–Crippen LogP) is 1.92. The average molecular weight is 274 g/mol. The fourth-order valence-corrected chi connectivity index (χ4v) is 2.13. The van der Waals surface area contributed by atoms with E-state index in [9.17, 15) is 10.1 Å². The van der Waals surface area contributed by atoms with Gasteiger partial charge in [-0.05, 0) is 19.9 Å². The zero-order chi connectivity index (χ0) is 14.7. The molecule has 1 atom stereocenters. The van der Waals surface area contributed by atoms with Crippen molar-refractivity contribution in [3.63, 3.8) is 0 Å². The first-order chi connectivity index (χ1) is 9.60. The van der Waals surface area contributed by atoms with Crippen molar-refractivity contribution in [3.05, 3.63) is 46.9 Å². The zero-order valence-corrected chi connectivity index (χ0v) is 11.2. The minimum atomic E-state index is -0.633. The molecule has 0 aliphatic carbocycles. The van der Waals surface area contributed by atoms with Crippen LogP contribution in [0.15, 0.2) is 45.8 Å². The molecule has 1 aliphatic rings. The molecule has 0 unspecified atom stereocenters. The van der Waals surface area contributed by atoms with Gasteiger partial charge in [0.05, 0.1) is 30.6 Å². The van der Waals surface area contributed by atoms with E-state index in [2.05, 4.69) is 0 Å². The highest BCUT2D eigenvalue weighted by Crippen LogP contribution is 2.39. The summed E-state index contributed by atoms with van der Waals surface area (Å²) < 4.78 is 15.3. The summed E-state index contributed by atoms with van der Waals surface area (Å²) in [6.45, 7) is 3.55. The number of hydrogen-bond acceptors (Lipinski definition) is 6. The highest BCUT2D eigenvalue weighted by molar-refractivity contribution is 5.92. The number of esters is 1. The third-order valence-electron chi connectivity index (χ3n) is 2.98. The smallest absolute Gasteiger partial charge is 0.338 e. The topological polar surface area (TPSA) is 98.5 Å². The summed E-state index contributed by atoms with van der Waals surface area (Å²) in [6, 6.07) is 3.66. The van der Waals surface area contributed by atoms with Crippen molar-refractivity contribution in [2.45, 2.75) is 19.8 Å². The normalized spacial score (nSPS) is 18.6. The largest absolute Gasteiger partial charge is 0.472 e. The van der Waals surface area contributed by atoms with Gasteiger partial charge in [-0.3, -0.25) is 0 Å². The molecule has 0 aromatic carbocycles. The molecule has 1 aromatic rings. The van der Waals surface area contributed by atoms with Gasteiger partial charge in [0.2, 0.25) is 5.88 Å². The van der Waals surface area contributed by atoms with Gasteiger partial charge in [0.1, 0.15) is 17.4 Å². The molecular formula is C14H14N2O4. The van der Waals surface area contributed by atoms with Crippen molar-refractivity contribution >= 4 is 5.97 Å². The molecule has 0 saturated carbocycles. The molecule has 6 nitrogen and oxygen atoms in total. The van der Waals surface area contributed by atoms with Crippen LogP contribution in [0.4, 0.5) is 0 Å². The van der Waals surface area contributed by atoms with Crippen LogP contribution in [-0.2, 0) is 14.3 Å². The number of rotatable bonds is 3. The van der Waals surface area contributed by atoms with E-state index >= 15 is 0 Å². The van der Waals surface area contributed by atoms with Gasteiger partial charge in [-0.2, -0.15) is 5.26 Å². The molecule has 0 fully saturated rings. The van der Waals surface area contributed by atoms with Crippen LogP contribution in [0.3, 0.4) is 0 Å². The van der Waals surface area contributed by atoms with Gasteiger partial charge in [0.15, 0.2) is 0 Å². The molecule has 1 aromatic heterocycles. The van der Waals surface area contributed by atoms with E-state index in [0.29, 0.717) is 11.3 Å². The Morgan fingerprint density at radius 3 is 2.90 bits per heavy atom. The van der Waals surface area contributed by atoms with Crippen LogP contribution in [-0.4, -0.2) is 12.6 Å². The second-order valence-electron chi connectivity index (χ2n) is 4.17. The number of hydrogen-bond donors (Lipinski definition) is 1. The standard InChI is InChI=1S/C14H14N2O4/c1-3-19-14(17)11-8(2)20-13(16)10(6-15)12(11)9-4-5-18-7-9/h4-5,7,12H,3,16H2,1-2H3/t12-/m0/s1. The number of allylic oxidation sites excluding steroid dienone is 2. The Morgan fingerprint density at radius 2 is 2.35 bits per heavy atom. The monoisotopic (exact) mass is 274 g/mol. The molecule has 2 rings (SSSR count). The number of carbonyl (C=O) groups excluding carboxylic acids is 1. The van der Waals surface area contributed by atoms with Crippen LogP contribution in [0, 0.1) is 11.3 Å². The lowest BCUT2D eigenvalue weighted by Crippen LogP contribution is -2.25.